The van der Waals surface area contributed by atoms with E-state index in [1.807, 2.05) is 0 Å². The first-order valence-corrected chi connectivity index (χ1v) is 11.2. The number of benzene rings is 1. The zero-order valence-electron chi connectivity index (χ0n) is 18.3. The van der Waals surface area contributed by atoms with Crippen molar-refractivity contribution in [2.24, 2.45) is 7.05 Å². The van der Waals surface area contributed by atoms with Gasteiger partial charge in [0, 0.05) is 28.7 Å². The summed E-state index contributed by atoms with van der Waals surface area (Å²) in [7, 11) is 1.23. The number of aromatic amines is 1. The molecule has 9 nitrogen and oxygen atoms in total. The normalized spacial score (nSPS) is 16.4. The van der Waals surface area contributed by atoms with E-state index in [4.69, 9.17) is 0 Å². The number of allylic oxidation sites excluding steroid dienone is 1. The van der Waals surface area contributed by atoms with Gasteiger partial charge < -0.3 is 16.0 Å². The van der Waals surface area contributed by atoms with E-state index < -0.39 is 29.9 Å². The Balaban J connectivity index is 1.45. The number of fused-ring (bicyclic) bond motifs is 1. The third-order valence-corrected chi connectivity index (χ3v) is 6.72. The summed E-state index contributed by atoms with van der Waals surface area (Å²) in [5.74, 6) is -0.435. The lowest BCUT2D eigenvalue weighted by atomic mass is 10.0. The summed E-state index contributed by atoms with van der Waals surface area (Å²) in [6, 6.07) is 8.23. The molecular weight excluding hydrogens is 483 g/mol. The minimum absolute atomic E-state index is 0.149. The maximum Gasteiger partial charge on any atom is 0.433 e. The SMILES string of the molecule is CC1=C(C(=O)Nc2ccc3[nH]ncc3c2)C(c2ccc(-c3cc(C(F)(F)F)n(C)n3)s2)NC(=O)N1. The third-order valence-electron chi connectivity index (χ3n) is 5.55. The molecule has 0 aliphatic carbocycles. The molecule has 35 heavy (non-hydrogen) atoms. The largest absolute Gasteiger partial charge is 0.433 e. The molecule has 0 fully saturated rings. The van der Waals surface area contributed by atoms with E-state index in [1.54, 1.807) is 43.5 Å². The fourth-order valence-corrected chi connectivity index (χ4v) is 4.95. The summed E-state index contributed by atoms with van der Waals surface area (Å²) in [5.41, 5.74) is 1.28. The fraction of sp³-hybridized carbons (Fsp3) is 0.182. The Hall–Kier alpha value is -4.13. The van der Waals surface area contributed by atoms with Crippen molar-refractivity contribution in [2.45, 2.75) is 19.1 Å². The van der Waals surface area contributed by atoms with Gasteiger partial charge in [0.2, 0.25) is 0 Å². The van der Waals surface area contributed by atoms with Crippen LogP contribution in [-0.4, -0.2) is 31.9 Å². The fourth-order valence-electron chi connectivity index (χ4n) is 3.93. The molecule has 3 aromatic heterocycles. The molecule has 0 radical (unpaired) electrons. The molecule has 0 spiro atoms. The second-order valence-electron chi connectivity index (χ2n) is 7.93. The van der Waals surface area contributed by atoms with Crippen LogP contribution in [-0.2, 0) is 18.0 Å². The first-order chi connectivity index (χ1) is 16.6. The second-order valence-corrected chi connectivity index (χ2v) is 9.05. The topological polar surface area (TPSA) is 117 Å². The van der Waals surface area contributed by atoms with E-state index in [0.29, 0.717) is 21.1 Å². The summed E-state index contributed by atoms with van der Waals surface area (Å²) < 4.78 is 40.3. The van der Waals surface area contributed by atoms with Gasteiger partial charge in [0.05, 0.1) is 28.2 Å². The van der Waals surface area contributed by atoms with Crippen molar-refractivity contribution in [3.8, 4) is 10.6 Å². The molecule has 0 saturated carbocycles. The van der Waals surface area contributed by atoms with Gasteiger partial charge in [-0.2, -0.15) is 23.4 Å². The number of anilines is 1. The molecule has 4 N–H and O–H groups in total. The molecule has 4 aromatic rings. The average molecular weight is 501 g/mol. The molecule has 1 aromatic carbocycles. The molecule has 0 bridgehead atoms. The van der Waals surface area contributed by atoms with Crippen LogP contribution in [0.4, 0.5) is 23.7 Å². The average Bonchev–Trinajstić information content (AvgIpc) is 3.51. The Bertz CT molecular complexity index is 1500. The van der Waals surface area contributed by atoms with Gasteiger partial charge in [-0.05, 0) is 43.3 Å². The molecule has 5 rings (SSSR count). The number of rotatable bonds is 4. The number of aryl methyl sites for hydroxylation is 1. The molecule has 0 saturated heterocycles. The van der Waals surface area contributed by atoms with Crippen molar-refractivity contribution in [1.82, 2.24) is 30.6 Å². The van der Waals surface area contributed by atoms with Crippen LogP contribution in [0.2, 0.25) is 0 Å². The van der Waals surface area contributed by atoms with Gasteiger partial charge >= 0.3 is 12.2 Å². The number of carbonyl (C=O) groups excluding carboxylic acids is 2. The molecule has 1 unspecified atom stereocenters. The monoisotopic (exact) mass is 501 g/mol. The maximum absolute atomic E-state index is 13.3. The number of H-pyrrole nitrogens is 1. The summed E-state index contributed by atoms with van der Waals surface area (Å²) in [4.78, 5) is 26.5. The van der Waals surface area contributed by atoms with Crippen molar-refractivity contribution in [3.63, 3.8) is 0 Å². The minimum atomic E-state index is -4.53. The number of halogens is 3. The van der Waals surface area contributed by atoms with Gasteiger partial charge in [0.15, 0.2) is 0 Å². The molecular formula is C22H18F3N7O2S. The summed E-state index contributed by atoms with van der Waals surface area (Å²) in [6.07, 6.45) is -2.90. The van der Waals surface area contributed by atoms with Gasteiger partial charge in [0.1, 0.15) is 11.4 Å². The number of amides is 3. The number of nitrogens with one attached hydrogen (secondary N) is 4. The number of alkyl halides is 3. The second kappa shape index (κ2) is 8.27. The van der Waals surface area contributed by atoms with Crippen LogP contribution in [0.1, 0.15) is 23.5 Å². The van der Waals surface area contributed by atoms with E-state index in [2.05, 4.69) is 31.2 Å². The quantitative estimate of drug-likeness (QED) is 0.333. The lowest BCUT2D eigenvalue weighted by Gasteiger charge is -2.27. The zero-order valence-corrected chi connectivity index (χ0v) is 19.1. The van der Waals surface area contributed by atoms with Crippen molar-refractivity contribution < 1.29 is 22.8 Å². The van der Waals surface area contributed by atoms with E-state index in [0.717, 1.165) is 33.0 Å². The van der Waals surface area contributed by atoms with Gasteiger partial charge in [-0.25, -0.2) is 4.79 Å². The van der Waals surface area contributed by atoms with Crippen LogP contribution in [0.3, 0.4) is 0 Å². The highest BCUT2D eigenvalue weighted by Crippen LogP contribution is 2.38. The first-order valence-electron chi connectivity index (χ1n) is 10.3. The lowest BCUT2D eigenvalue weighted by Crippen LogP contribution is -2.45. The Morgan fingerprint density at radius 2 is 2.00 bits per heavy atom. The number of urea groups is 1. The van der Waals surface area contributed by atoms with Crippen LogP contribution < -0.4 is 16.0 Å². The van der Waals surface area contributed by atoms with Crippen LogP contribution in [0.15, 0.2) is 53.9 Å². The highest BCUT2D eigenvalue weighted by atomic mass is 32.1. The number of thiophene rings is 1. The highest BCUT2D eigenvalue weighted by Gasteiger charge is 2.36. The smallest absolute Gasteiger partial charge is 0.326 e. The Morgan fingerprint density at radius 3 is 2.74 bits per heavy atom. The number of nitrogens with zero attached hydrogens (tertiary/aromatic N) is 3. The molecule has 1 aliphatic rings. The minimum Gasteiger partial charge on any atom is -0.326 e. The lowest BCUT2D eigenvalue weighted by molar-refractivity contribution is -0.143. The predicted octanol–water partition coefficient (Wildman–Crippen LogP) is 4.31. The number of carbonyl (C=O) groups is 2. The standard InChI is InChI=1S/C22H18F3N7O2S/c1-10-18(20(33)28-12-3-4-13-11(7-12)9-26-30-13)19(29-21(34)27-10)16-6-5-15(35-16)14-8-17(22(23,24)25)32(2)31-14/h3-9,19H,1-2H3,(H,26,30)(H,28,33)(H2,27,29,34). The number of hydrogen-bond acceptors (Lipinski definition) is 5. The van der Waals surface area contributed by atoms with Crippen LogP contribution in [0.5, 0.6) is 0 Å². The van der Waals surface area contributed by atoms with Gasteiger partial charge in [-0.3, -0.25) is 14.6 Å². The molecule has 1 aliphatic heterocycles. The predicted molar refractivity (Wildman–Crippen MR) is 123 cm³/mol. The van der Waals surface area contributed by atoms with Crippen molar-refractivity contribution >= 4 is 39.9 Å². The van der Waals surface area contributed by atoms with Crippen molar-refractivity contribution in [2.75, 3.05) is 5.32 Å². The van der Waals surface area contributed by atoms with Crippen LogP contribution >= 0.6 is 11.3 Å². The number of hydrogen-bond donors (Lipinski definition) is 4. The third kappa shape index (κ3) is 4.25. The first kappa shape index (κ1) is 22.7. The van der Waals surface area contributed by atoms with Crippen LogP contribution in [0.25, 0.3) is 21.5 Å². The van der Waals surface area contributed by atoms with E-state index in [-0.39, 0.29) is 11.3 Å². The molecule has 1 atom stereocenters. The maximum atomic E-state index is 13.3. The highest BCUT2D eigenvalue weighted by molar-refractivity contribution is 7.15. The Kier molecular flexibility index (Phi) is 5.35. The summed E-state index contributed by atoms with van der Waals surface area (Å²) in [5, 5.41) is 19.8. The number of aromatic nitrogens is 4. The van der Waals surface area contributed by atoms with Gasteiger partial charge in [-0.1, -0.05) is 0 Å². The van der Waals surface area contributed by atoms with Crippen molar-refractivity contribution in [3.05, 3.63) is 64.4 Å². The molecule has 13 heteroatoms. The summed E-state index contributed by atoms with van der Waals surface area (Å²) >= 11 is 1.15. The van der Waals surface area contributed by atoms with Gasteiger partial charge in [-0.15, -0.1) is 11.3 Å². The Labute approximate surface area is 200 Å². The summed E-state index contributed by atoms with van der Waals surface area (Å²) in [6.45, 7) is 1.61. The molecule has 180 valence electrons. The van der Waals surface area contributed by atoms with E-state index in [1.165, 1.54) is 7.05 Å². The molecule has 4 heterocycles. The van der Waals surface area contributed by atoms with Crippen molar-refractivity contribution in [1.29, 1.82) is 0 Å². The van der Waals surface area contributed by atoms with Crippen LogP contribution in [0, 0.1) is 0 Å². The van der Waals surface area contributed by atoms with E-state index in [9.17, 15) is 22.8 Å². The van der Waals surface area contributed by atoms with Gasteiger partial charge in [0.25, 0.3) is 5.91 Å². The van der Waals surface area contributed by atoms with E-state index >= 15 is 0 Å². The molecule has 3 amide bonds. The Morgan fingerprint density at radius 1 is 1.20 bits per heavy atom. The zero-order chi connectivity index (χ0) is 24.9.